The van der Waals surface area contributed by atoms with Crippen molar-refractivity contribution in [3.63, 3.8) is 0 Å². The van der Waals surface area contributed by atoms with E-state index in [1.165, 1.54) is 12.1 Å². The minimum atomic E-state index is -3.75. The highest BCUT2D eigenvalue weighted by molar-refractivity contribution is 7.89. The maximum atomic E-state index is 13.4. The molecule has 1 saturated carbocycles. The topological polar surface area (TPSA) is 115 Å². The van der Waals surface area contributed by atoms with E-state index < -0.39 is 21.5 Å². The quantitative estimate of drug-likeness (QED) is 0.384. The Bertz CT molecular complexity index is 1410. The van der Waals surface area contributed by atoms with E-state index in [0.717, 1.165) is 30.4 Å². The molecule has 0 saturated heterocycles. The molecule has 0 unspecified atom stereocenters. The number of aromatic nitrogens is 1. The normalized spacial score (nSPS) is 16.4. The zero-order valence-electron chi connectivity index (χ0n) is 20.6. The highest BCUT2D eigenvalue weighted by atomic mass is 32.2. The van der Waals surface area contributed by atoms with E-state index in [1.54, 1.807) is 12.1 Å². The van der Waals surface area contributed by atoms with Crippen molar-refractivity contribution in [2.75, 3.05) is 13.4 Å². The molecule has 3 aromatic rings. The molecule has 1 aromatic heterocycles. The maximum Gasteiger partial charge on any atom is 0.240 e. The van der Waals surface area contributed by atoms with Crippen LogP contribution in [0.4, 0.5) is 0 Å². The Morgan fingerprint density at radius 2 is 1.86 bits per heavy atom. The molecule has 9 heteroatoms. The maximum absolute atomic E-state index is 13.4. The van der Waals surface area contributed by atoms with Crippen LogP contribution >= 0.6 is 0 Å². The van der Waals surface area contributed by atoms with Gasteiger partial charge < -0.3 is 14.6 Å². The van der Waals surface area contributed by atoms with Crippen LogP contribution in [0, 0.1) is 0 Å². The lowest BCUT2D eigenvalue weighted by Gasteiger charge is -2.16. The van der Waals surface area contributed by atoms with Gasteiger partial charge in [0.1, 0.15) is 5.78 Å². The van der Waals surface area contributed by atoms with Crippen molar-refractivity contribution in [1.29, 1.82) is 0 Å². The number of Topliss-reactive ketones (excluding diaryl/α,β-unsaturated/α-hetero) is 1. The Morgan fingerprint density at radius 1 is 1.11 bits per heavy atom. The highest BCUT2D eigenvalue weighted by Crippen LogP contribution is 2.51. The molecule has 198 valence electrons. The summed E-state index contributed by atoms with van der Waals surface area (Å²) in [4.78, 5) is 18.2. The molecule has 2 N–H and O–H groups in total. The van der Waals surface area contributed by atoms with Crippen molar-refractivity contribution < 1.29 is 30.6 Å². The van der Waals surface area contributed by atoms with Gasteiger partial charge in [-0.25, -0.2) is 13.1 Å². The molecular formula is C28H34N2O6S. The fourth-order valence-electron chi connectivity index (χ4n) is 4.75. The number of ketones is 1. The SMILES string of the molecule is CCC[C@H](CO)NS(=O)(=O)c1ccc(-c2cccc(CC(=O)C3(c4ccc5c(c4)OCO5)CC3)n2)cc1.[HH].[HH]. The molecule has 2 aromatic carbocycles. The van der Waals surface area contributed by atoms with Crippen LogP contribution in [0.3, 0.4) is 0 Å². The van der Waals surface area contributed by atoms with Crippen LogP contribution in [0.5, 0.6) is 11.5 Å². The molecule has 1 aliphatic heterocycles. The number of ether oxygens (including phenoxy) is 2. The molecule has 1 aliphatic carbocycles. The third-order valence-electron chi connectivity index (χ3n) is 7.00. The number of nitrogens with one attached hydrogen (secondary N) is 1. The van der Waals surface area contributed by atoms with Gasteiger partial charge in [0, 0.05) is 26.6 Å². The molecule has 0 spiro atoms. The number of fused-ring (bicyclic) bond motifs is 1. The van der Waals surface area contributed by atoms with Gasteiger partial charge in [-0.2, -0.15) is 0 Å². The summed E-state index contributed by atoms with van der Waals surface area (Å²) in [7, 11) is -3.75. The van der Waals surface area contributed by atoms with Gasteiger partial charge in [-0.1, -0.05) is 37.6 Å². The highest BCUT2D eigenvalue weighted by Gasteiger charge is 2.51. The lowest BCUT2D eigenvalue weighted by atomic mass is 9.88. The number of benzene rings is 2. The molecular weight excluding hydrogens is 492 g/mol. The summed E-state index contributed by atoms with van der Waals surface area (Å²) in [6.45, 7) is 1.88. The lowest BCUT2D eigenvalue weighted by molar-refractivity contribution is -0.120. The van der Waals surface area contributed by atoms with Crippen LogP contribution in [0.15, 0.2) is 65.6 Å². The van der Waals surface area contributed by atoms with Crippen LogP contribution in [0.1, 0.15) is 46.7 Å². The third-order valence-corrected chi connectivity index (χ3v) is 8.53. The van der Waals surface area contributed by atoms with Crippen molar-refractivity contribution in [3.8, 4) is 22.8 Å². The summed E-state index contributed by atoms with van der Waals surface area (Å²) in [6.07, 6.45) is 3.11. The average Bonchev–Trinajstić information content (AvgIpc) is 3.59. The fourth-order valence-corrected chi connectivity index (χ4v) is 6.01. The van der Waals surface area contributed by atoms with Gasteiger partial charge in [0.15, 0.2) is 11.5 Å². The van der Waals surface area contributed by atoms with Crippen molar-refractivity contribution >= 4 is 15.8 Å². The molecule has 0 bridgehead atoms. The van der Waals surface area contributed by atoms with Crippen LogP contribution in [-0.2, 0) is 26.7 Å². The summed E-state index contributed by atoms with van der Waals surface area (Å²) in [6, 6.07) is 17.2. The predicted octanol–water partition coefficient (Wildman–Crippen LogP) is 4.25. The third kappa shape index (κ3) is 5.25. The largest absolute Gasteiger partial charge is 0.454 e. The van der Waals surface area contributed by atoms with Crippen molar-refractivity contribution in [1.82, 2.24) is 9.71 Å². The van der Waals surface area contributed by atoms with Gasteiger partial charge in [0.25, 0.3) is 0 Å². The Hall–Kier alpha value is -3.27. The molecule has 0 amide bonds. The smallest absolute Gasteiger partial charge is 0.240 e. The Balaban J connectivity index is 0.00000210. The predicted molar refractivity (Wildman–Crippen MR) is 142 cm³/mol. The minimum absolute atomic E-state index is 0. The number of carbonyl (C=O) groups excluding carboxylic acids is 1. The van der Waals surface area contributed by atoms with Crippen LogP contribution in [0.2, 0.25) is 0 Å². The zero-order chi connectivity index (χ0) is 26.0. The molecule has 2 heterocycles. The second kappa shape index (κ2) is 10.2. The summed E-state index contributed by atoms with van der Waals surface area (Å²) in [5.74, 6) is 1.49. The number of pyridine rings is 1. The molecule has 5 rings (SSSR count). The van der Waals surface area contributed by atoms with Gasteiger partial charge in [0.05, 0.1) is 22.6 Å². The van der Waals surface area contributed by atoms with Gasteiger partial charge in [-0.15, -0.1) is 0 Å². The van der Waals surface area contributed by atoms with E-state index in [0.29, 0.717) is 29.3 Å². The second-order valence-electron chi connectivity index (χ2n) is 9.58. The fraction of sp³-hybridized carbons (Fsp3) is 0.357. The Labute approximate surface area is 219 Å². The first-order chi connectivity index (χ1) is 17.8. The number of nitrogens with zero attached hydrogens (tertiary/aromatic N) is 1. The first-order valence-corrected chi connectivity index (χ1v) is 14.0. The van der Waals surface area contributed by atoms with Gasteiger partial charge in [-0.05, 0) is 61.2 Å². The van der Waals surface area contributed by atoms with Gasteiger partial charge in [-0.3, -0.25) is 9.78 Å². The number of aliphatic hydroxyl groups is 1. The molecule has 8 nitrogen and oxygen atoms in total. The van der Waals surface area contributed by atoms with E-state index in [2.05, 4.69) is 9.71 Å². The van der Waals surface area contributed by atoms with Crippen molar-refractivity contribution in [2.24, 2.45) is 0 Å². The Morgan fingerprint density at radius 3 is 2.57 bits per heavy atom. The number of rotatable bonds is 11. The van der Waals surface area contributed by atoms with E-state index in [4.69, 9.17) is 9.47 Å². The number of aliphatic hydroxyl groups excluding tert-OH is 1. The number of hydrogen-bond donors (Lipinski definition) is 2. The van der Waals surface area contributed by atoms with Crippen LogP contribution in [0.25, 0.3) is 11.3 Å². The van der Waals surface area contributed by atoms with Gasteiger partial charge >= 0.3 is 0 Å². The van der Waals surface area contributed by atoms with Crippen LogP contribution < -0.4 is 14.2 Å². The molecule has 2 aliphatic rings. The molecule has 0 radical (unpaired) electrons. The summed E-state index contributed by atoms with van der Waals surface area (Å²) in [5, 5.41) is 9.43. The zero-order valence-corrected chi connectivity index (χ0v) is 21.5. The number of carbonyl (C=O) groups is 1. The molecule has 1 atom stereocenters. The van der Waals surface area contributed by atoms with E-state index >= 15 is 0 Å². The first-order valence-electron chi connectivity index (χ1n) is 12.5. The lowest BCUT2D eigenvalue weighted by Crippen LogP contribution is -2.37. The monoisotopic (exact) mass is 526 g/mol. The minimum Gasteiger partial charge on any atom is -0.454 e. The molecule has 1 fully saturated rings. The first kappa shape index (κ1) is 25.4. The van der Waals surface area contributed by atoms with Crippen LogP contribution in [-0.4, -0.2) is 43.7 Å². The number of hydrogen-bond acceptors (Lipinski definition) is 7. The summed E-state index contributed by atoms with van der Waals surface area (Å²) >= 11 is 0. The van der Waals surface area contributed by atoms with E-state index in [-0.39, 0.29) is 33.4 Å². The van der Waals surface area contributed by atoms with Gasteiger partial charge in [0.2, 0.25) is 16.8 Å². The van der Waals surface area contributed by atoms with E-state index in [9.17, 15) is 18.3 Å². The molecule has 37 heavy (non-hydrogen) atoms. The van der Waals surface area contributed by atoms with Crippen molar-refractivity contribution in [2.45, 2.75) is 55.4 Å². The van der Waals surface area contributed by atoms with Crippen molar-refractivity contribution in [3.05, 3.63) is 71.9 Å². The summed E-state index contributed by atoms with van der Waals surface area (Å²) in [5.41, 5.74) is 2.52. The second-order valence-corrected chi connectivity index (χ2v) is 11.3. The number of sulfonamides is 1. The average molecular weight is 527 g/mol. The van der Waals surface area contributed by atoms with E-state index in [1.807, 2.05) is 43.3 Å². The Kier molecular flexibility index (Phi) is 7.02. The standard InChI is InChI=1S/C28H30N2O6S.2H2/c1-2-4-22(17-31)30-37(33,34)23-10-7-19(8-11-23)24-6-3-5-21(29-24)16-27(32)28(13-14-28)20-9-12-25-26(15-20)36-18-35-25;;/h3,5-12,15,22,30-31H,2,4,13-14,16-18H2,1H3;2*1H/t22-;;/m1../s1. The summed E-state index contributed by atoms with van der Waals surface area (Å²) < 4.78 is 38.8.